The van der Waals surface area contributed by atoms with Crippen LogP contribution < -0.4 is 5.32 Å². The normalized spacial score (nSPS) is 10.8. The van der Waals surface area contributed by atoms with Crippen molar-refractivity contribution in [1.82, 2.24) is 20.3 Å². The van der Waals surface area contributed by atoms with Crippen molar-refractivity contribution in [3.63, 3.8) is 0 Å². The van der Waals surface area contributed by atoms with Crippen LogP contribution >= 0.6 is 0 Å². The number of nitrogens with zero attached hydrogens (tertiary/aromatic N) is 3. The SMILES string of the molecule is O=C(O)Cn1cc(CNC(=O)/C=C/c2ccco2)nn1. The van der Waals surface area contributed by atoms with Crippen molar-refractivity contribution in [2.45, 2.75) is 13.1 Å². The highest BCUT2D eigenvalue weighted by Gasteiger charge is 2.05. The molecule has 8 nitrogen and oxygen atoms in total. The fourth-order valence-corrected chi connectivity index (χ4v) is 1.42. The summed E-state index contributed by atoms with van der Waals surface area (Å²) in [4.78, 5) is 22.0. The lowest BCUT2D eigenvalue weighted by Crippen LogP contribution is -2.20. The quantitative estimate of drug-likeness (QED) is 0.733. The number of hydrogen-bond acceptors (Lipinski definition) is 5. The molecule has 0 aliphatic rings. The van der Waals surface area contributed by atoms with Crippen molar-refractivity contribution < 1.29 is 19.1 Å². The van der Waals surface area contributed by atoms with Gasteiger partial charge < -0.3 is 14.8 Å². The van der Waals surface area contributed by atoms with E-state index in [2.05, 4.69) is 15.6 Å². The molecule has 0 bridgehead atoms. The van der Waals surface area contributed by atoms with Crippen LogP contribution in [-0.2, 0) is 22.7 Å². The van der Waals surface area contributed by atoms with Crippen molar-refractivity contribution in [1.29, 1.82) is 0 Å². The summed E-state index contributed by atoms with van der Waals surface area (Å²) in [5.41, 5.74) is 0.478. The molecule has 20 heavy (non-hydrogen) atoms. The third kappa shape index (κ3) is 4.09. The van der Waals surface area contributed by atoms with E-state index in [1.165, 1.54) is 29.3 Å². The number of aliphatic carboxylic acids is 1. The second-order valence-corrected chi connectivity index (χ2v) is 3.87. The van der Waals surface area contributed by atoms with Gasteiger partial charge in [-0.25, -0.2) is 4.68 Å². The van der Waals surface area contributed by atoms with Gasteiger partial charge in [0.25, 0.3) is 0 Å². The van der Waals surface area contributed by atoms with Crippen LogP contribution in [0, 0.1) is 0 Å². The maximum absolute atomic E-state index is 11.5. The van der Waals surface area contributed by atoms with Gasteiger partial charge in [0.1, 0.15) is 18.0 Å². The van der Waals surface area contributed by atoms with Gasteiger partial charge in [0.2, 0.25) is 5.91 Å². The Bertz CT molecular complexity index is 615. The standard InChI is InChI=1S/C12H12N4O4/c17-11(4-3-10-2-1-5-20-10)13-6-9-7-16(15-14-9)8-12(18)19/h1-5,7H,6,8H2,(H,13,17)(H,18,19)/b4-3+. The first-order valence-corrected chi connectivity index (χ1v) is 5.74. The first kappa shape index (κ1) is 13.5. The highest BCUT2D eigenvalue weighted by Crippen LogP contribution is 2.01. The lowest BCUT2D eigenvalue weighted by Gasteiger charge is -1.97. The molecule has 2 aromatic rings. The summed E-state index contributed by atoms with van der Waals surface area (Å²) < 4.78 is 6.22. The number of furan rings is 1. The van der Waals surface area contributed by atoms with Crippen LogP contribution in [0.1, 0.15) is 11.5 Å². The van der Waals surface area contributed by atoms with Crippen LogP contribution in [0.25, 0.3) is 6.08 Å². The zero-order valence-electron chi connectivity index (χ0n) is 10.4. The molecule has 8 heteroatoms. The molecule has 2 N–H and O–H groups in total. The van der Waals surface area contributed by atoms with E-state index >= 15 is 0 Å². The zero-order valence-corrected chi connectivity index (χ0v) is 10.4. The molecule has 2 aromatic heterocycles. The predicted octanol–water partition coefficient (Wildman–Crippen LogP) is 0.285. The fraction of sp³-hybridized carbons (Fsp3) is 0.167. The molecule has 0 fully saturated rings. The second-order valence-electron chi connectivity index (χ2n) is 3.87. The van der Waals surface area contributed by atoms with Gasteiger partial charge in [0.15, 0.2) is 0 Å². The summed E-state index contributed by atoms with van der Waals surface area (Å²) in [6.45, 7) is -0.0969. The summed E-state index contributed by atoms with van der Waals surface area (Å²) in [5.74, 6) is -0.742. The van der Waals surface area contributed by atoms with E-state index in [9.17, 15) is 9.59 Å². The van der Waals surface area contributed by atoms with Crippen LogP contribution in [0.3, 0.4) is 0 Å². The highest BCUT2D eigenvalue weighted by atomic mass is 16.4. The molecule has 0 aliphatic carbocycles. The van der Waals surface area contributed by atoms with Gasteiger partial charge >= 0.3 is 5.97 Å². The molecule has 0 radical (unpaired) electrons. The number of carboxylic acid groups (broad SMARTS) is 1. The molecule has 104 valence electrons. The number of carboxylic acids is 1. The Morgan fingerprint density at radius 2 is 2.35 bits per heavy atom. The van der Waals surface area contributed by atoms with Crippen LogP contribution in [0.5, 0.6) is 0 Å². The van der Waals surface area contributed by atoms with Crippen molar-refractivity contribution >= 4 is 18.0 Å². The van der Waals surface area contributed by atoms with E-state index in [0.29, 0.717) is 11.5 Å². The van der Waals surface area contributed by atoms with Crippen molar-refractivity contribution in [2.24, 2.45) is 0 Å². The minimum atomic E-state index is -1.01. The topological polar surface area (TPSA) is 110 Å². The Morgan fingerprint density at radius 1 is 1.50 bits per heavy atom. The summed E-state index contributed by atoms with van der Waals surface area (Å²) in [5, 5.41) is 18.5. The molecule has 1 amide bonds. The zero-order chi connectivity index (χ0) is 14.4. The molecule has 0 spiro atoms. The van der Waals surface area contributed by atoms with Gasteiger partial charge in [-0.05, 0) is 18.2 Å². The van der Waals surface area contributed by atoms with E-state index in [-0.39, 0.29) is 19.0 Å². The molecular formula is C12H12N4O4. The molecule has 0 aromatic carbocycles. The molecule has 0 saturated heterocycles. The monoisotopic (exact) mass is 276 g/mol. The molecule has 0 saturated carbocycles. The number of carbonyl (C=O) groups is 2. The van der Waals surface area contributed by atoms with Gasteiger partial charge in [-0.3, -0.25) is 9.59 Å². The Balaban J connectivity index is 1.81. The molecule has 0 atom stereocenters. The van der Waals surface area contributed by atoms with Gasteiger partial charge in [0, 0.05) is 6.08 Å². The first-order valence-electron chi connectivity index (χ1n) is 5.74. The number of amides is 1. The van der Waals surface area contributed by atoms with Crippen LogP contribution in [0.2, 0.25) is 0 Å². The summed E-state index contributed by atoms with van der Waals surface area (Å²) >= 11 is 0. The lowest BCUT2D eigenvalue weighted by molar-refractivity contribution is -0.137. The Kier molecular flexibility index (Phi) is 4.28. The van der Waals surface area contributed by atoms with Gasteiger partial charge in [-0.2, -0.15) is 0 Å². The van der Waals surface area contributed by atoms with Crippen molar-refractivity contribution in [2.75, 3.05) is 0 Å². The highest BCUT2D eigenvalue weighted by molar-refractivity contribution is 5.91. The number of aromatic nitrogens is 3. The van der Waals surface area contributed by atoms with Crippen LogP contribution in [0.15, 0.2) is 35.1 Å². The lowest BCUT2D eigenvalue weighted by atomic mass is 10.4. The Labute approximate surface area is 113 Å². The maximum Gasteiger partial charge on any atom is 0.325 e. The van der Waals surface area contributed by atoms with E-state index in [4.69, 9.17) is 9.52 Å². The molecule has 0 unspecified atom stereocenters. The molecular weight excluding hydrogens is 264 g/mol. The molecule has 2 rings (SSSR count). The minimum absolute atomic E-state index is 0.168. The average molecular weight is 276 g/mol. The van der Waals surface area contributed by atoms with E-state index in [1.54, 1.807) is 12.1 Å². The largest absolute Gasteiger partial charge is 0.480 e. The van der Waals surface area contributed by atoms with E-state index in [1.807, 2.05) is 0 Å². The van der Waals surface area contributed by atoms with Crippen LogP contribution in [0.4, 0.5) is 0 Å². The fourth-order valence-electron chi connectivity index (χ4n) is 1.42. The average Bonchev–Trinajstić information content (AvgIpc) is 3.04. The van der Waals surface area contributed by atoms with Crippen LogP contribution in [-0.4, -0.2) is 32.0 Å². The molecule has 0 aliphatic heterocycles. The number of rotatable bonds is 6. The maximum atomic E-state index is 11.5. The van der Waals surface area contributed by atoms with Crippen molar-refractivity contribution in [3.05, 3.63) is 42.1 Å². The summed E-state index contributed by atoms with van der Waals surface area (Å²) in [7, 11) is 0. The predicted molar refractivity (Wildman–Crippen MR) is 67.2 cm³/mol. The van der Waals surface area contributed by atoms with E-state index < -0.39 is 5.97 Å². The third-order valence-corrected chi connectivity index (χ3v) is 2.27. The van der Waals surface area contributed by atoms with Crippen molar-refractivity contribution in [3.8, 4) is 0 Å². The second kappa shape index (κ2) is 6.32. The third-order valence-electron chi connectivity index (χ3n) is 2.27. The van der Waals surface area contributed by atoms with E-state index in [0.717, 1.165) is 0 Å². The van der Waals surface area contributed by atoms with Gasteiger partial charge in [-0.1, -0.05) is 5.21 Å². The molecule has 2 heterocycles. The number of nitrogens with one attached hydrogen (secondary N) is 1. The van der Waals surface area contributed by atoms with Gasteiger partial charge in [-0.15, -0.1) is 5.10 Å². The number of carbonyl (C=O) groups excluding carboxylic acids is 1. The summed E-state index contributed by atoms with van der Waals surface area (Å²) in [6.07, 6.45) is 5.85. The Hall–Kier alpha value is -2.90. The Morgan fingerprint density at radius 3 is 3.05 bits per heavy atom. The smallest absolute Gasteiger partial charge is 0.325 e. The number of hydrogen-bond donors (Lipinski definition) is 2. The van der Waals surface area contributed by atoms with Gasteiger partial charge in [0.05, 0.1) is 19.0 Å². The summed E-state index contributed by atoms with van der Waals surface area (Å²) in [6, 6.07) is 3.44. The first-order chi connectivity index (χ1) is 9.63. The minimum Gasteiger partial charge on any atom is -0.480 e.